The summed E-state index contributed by atoms with van der Waals surface area (Å²) in [5.41, 5.74) is 0.536. The molecular formula is C39H53N3O5. The van der Waals surface area contributed by atoms with Crippen LogP contribution < -0.4 is 5.56 Å². The molecule has 0 spiro atoms. The van der Waals surface area contributed by atoms with E-state index in [0.717, 1.165) is 68.4 Å². The third-order valence-corrected chi connectivity index (χ3v) is 10.00. The maximum absolute atomic E-state index is 12.0. The molecule has 2 aromatic heterocycles. The zero-order valence-electron chi connectivity index (χ0n) is 28.0. The molecule has 8 heteroatoms. The summed E-state index contributed by atoms with van der Waals surface area (Å²) in [5, 5.41) is 33.6. The Morgan fingerprint density at radius 1 is 0.915 bits per heavy atom. The number of aromatic nitrogens is 2. The number of pyridine rings is 1. The number of nitrogens with zero attached hydrogens (tertiary/aromatic N) is 2. The van der Waals surface area contributed by atoms with Crippen molar-refractivity contribution < 1.29 is 19.7 Å². The van der Waals surface area contributed by atoms with Gasteiger partial charge in [-0.25, -0.2) is 4.98 Å². The van der Waals surface area contributed by atoms with Crippen LogP contribution in [0.2, 0.25) is 0 Å². The lowest BCUT2D eigenvalue weighted by molar-refractivity contribution is -0.0242. The van der Waals surface area contributed by atoms with Gasteiger partial charge in [-0.1, -0.05) is 107 Å². The third kappa shape index (κ3) is 9.12. The number of aliphatic hydroxyl groups is 2. The average molecular weight is 644 g/mol. The molecule has 0 saturated heterocycles. The summed E-state index contributed by atoms with van der Waals surface area (Å²) in [6.45, 7) is 1.68. The van der Waals surface area contributed by atoms with Crippen LogP contribution in [0.15, 0.2) is 70.0 Å². The molecule has 0 radical (unpaired) electrons. The largest absolute Gasteiger partial charge is 0.506 e. The summed E-state index contributed by atoms with van der Waals surface area (Å²) in [6.07, 6.45) is 17.8. The van der Waals surface area contributed by atoms with Crippen LogP contribution in [0.4, 0.5) is 0 Å². The number of hydrogen-bond acceptors (Lipinski definition) is 7. The minimum Gasteiger partial charge on any atom is -0.506 e. The molecule has 1 unspecified atom stereocenters. The van der Waals surface area contributed by atoms with E-state index in [-0.39, 0.29) is 17.2 Å². The molecule has 1 saturated carbocycles. The molecule has 1 aliphatic carbocycles. The van der Waals surface area contributed by atoms with Crippen LogP contribution in [0.5, 0.6) is 5.75 Å². The first-order chi connectivity index (χ1) is 22.9. The van der Waals surface area contributed by atoms with Crippen LogP contribution in [0, 0.1) is 5.92 Å². The highest BCUT2D eigenvalue weighted by atomic mass is 16.4. The number of unbranched alkanes of at least 4 members (excludes halogenated alkanes) is 8. The highest BCUT2D eigenvalue weighted by Crippen LogP contribution is 2.43. The quantitative estimate of drug-likeness (QED) is 0.0808. The van der Waals surface area contributed by atoms with Crippen molar-refractivity contribution in [1.29, 1.82) is 0 Å². The molecule has 5 rings (SSSR count). The Hall–Kier alpha value is -3.46. The monoisotopic (exact) mass is 643 g/mol. The van der Waals surface area contributed by atoms with E-state index in [4.69, 9.17) is 4.42 Å². The zero-order valence-corrected chi connectivity index (χ0v) is 28.0. The Kier molecular flexibility index (Phi) is 12.7. The van der Waals surface area contributed by atoms with Gasteiger partial charge in [-0.15, -0.1) is 0 Å². The minimum atomic E-state index is -1.19. The van der Waals surface area contributed by atoms with Gasteiger partial charge in [0.15, 0.2) is 5.60 Å². The van der Waals surface area contributed by atoms with E-state index in [1.54, 1.807) is 18.3 Å². The third-order valence-electron chi connectivity index (χ3n) is 10.00. The molecule has 2 heterocycles. The number of aromatic hydroxyl groups is 1. The fourth-order valence-electron chi connectivity index (χ4n) is 7.31. The molecule has 4 N–H and O–H groups in total. The number of rotatable bonds is 18. The van der Waals surface area contributed by atoms with E-state index in [1.165, 1.54) is 57.1 Å². The number of fused-ring (bicyclic) bond motifs is 1. The van der Waals surface area contributed by atoms with Crippen LogP contribution in [0.1, 0.15) is 125 Å². The molecular weight excluding hydrogens is 590 g/mol. The number of aliphatic hydroxyl groups excluding tert-OH is 1. The molecule has 0 aliphatic heterocycles. The van der Waals surface area contributed by atoms with Crippen molar-refractivity contribution in [3.8, 4) is 5.75 Å². The Labute approximate surface area is 278 Å². The number of aromatic amines is 1. The summed E-state index contributed by atoms with van der Waals surface area (Å²) < 4.78 is 6.25. The van der Waals surface area contributed by atoms with Gasteiger partial charge in [0.2, 0.25) is 11.4 Å². The molecule has 2 atom stereocenters. The highest BCUT2D eigenvalue weighted by molar-refractivity contribution is 5.87. The number of phenolic OH excluding ortho intramolecular Hbond substituents is 1. The number of phenols is 1. The Morgan fingerprint density at radius 2 is 1.60 bits per heavy atom. The summed E-state index contributed by atoms with van der Waals surface area (Å²) in [4.78, 5) is 21.2. The first-order valence-electron chi connectivity index (χ1n) is 17.8. The lowest BCUT2D eigenvalue weighted by atomic mass is 9.73. The van der Waals surface area contributed by atoms with E-state index in [0.29, 0.717) is 29.8 Å². The second-order valence-corrected chi connectivity index (χ2v) is 13.6. The molecule has 47 heavy (non-hydrogen) atoms. The second kappa shape index (κ2) is 17.1. The molecule has 254 valence electrons. The van der Waals surface area contributed by atoms with Gasteiger partial charge in [0, 0.05) is 17.4 Å². The number of H-pyrrole nitrogens is 1. The van der Waals surface area contributed by atoms with Gasteiger partial charge in [0.25, 0.3) is 0 Å². The molecule has 2 aromatic carbocycles. The van der Waals surface area contributed by atoms with Crippen molar-refractivity contribution in [3.05, 3.63) is 93.9 Å². The maximum Gasteiger partial charge on any atom is 0.248 e. The smallest absolute Gasteiger partial charge is 0.248 e. The standard InChI is InChI=1S/C39H53N3O5/c1-42(28-31-27-40-38(47-31)39(46,29-17-11-9-12-18-29)30-19-13-10-14-20-30)26-16-8-6-4-2-3-5-7-15-21-34(43)32-22-24-35(44)37-33(32)23-25-36(45)41-37/h9,11-12,17-18,22-25,27,30,34,43-44,46H,2-8,10,13-16,19-21,26,28H2,1H3,(H,41,45)/t34-,39?/m0/s1. The summed E-state index contributed by atoms with van der Waals surface area (Å²) in [5.74, 6) is 1.36. The van der Waals surface area contributed by atoms with Gasteiger partial charge in [-0.3, -0.25) is 9.69 Å². The van der Waals surface area contributed by atoms with Gasteiger partial charge < -0.3 is 24.7 Å². The first-order valence-corrected chi connectivity index (χ1v) is 17.8. The Bertz CT molecular complexity index is 1580. The van der Waals surface area contributed by atoms with Crippen molar-refractivity contribution in [2.45, 2.75) is 115 Å². The zero-order chi connectivity index (χ0) is 33.1. The average Bonchev–Trinajstić information content (AvgIpc) is 3.56. The molecule has 0 amide bonds. The highest BCUT2D eigenvalue weighted by Gasteiger charge is 2.44. The van der Waals surface area contributed by atoms with Gasteiger partial charge in [-0.2, -0.15) is 0 Å². The van der Waals surface area contributed by atoms with E-state index in [9.17, 15) is 20.1 Å². The van der Waals surface area contributed by atoms with Crippen molar-refractivity contribution >= 4 is 10.9 Å². The predicted molar refractivity (Wildman–Crippen MR) is 186 cm³/mol. The van der Waals surface area contributed by atoms with Crippen LogP contribution >= 0.6 is 0 Å². The van der Waals surface area contributed by atoms with Crippen LogP contribution in [-0.4, -0.2) is 43.8 Å². The first kappa shape index (κ1) is 34.9. The van der Waals surface area contributed by atoms with E-state index < -0.39 is 11.7 Å². The molecule has 8 nitrogen and oxygen atoms in total. The fraction of sp³-hybridized carbons (Fsp3) is 0.538. The molecule has 4 aromatic rings. The molecule has 1 fully saturated rings. The number of benzene rings is 2. The Balaban J connectivity index is 0.947. The van der Waals surface area contributed by atoms with Crippen LogP contribution in [0.25, 0.3) is 10.9 Å². The SMILES string of the molecule is CN(CCCCCCCCCCC[C@H](O)c1ccc(O)c2[nH]c(=O)ccc12)Cc1cnc(C(O)(c2ccccc2)C2CCCCC2)o1. The van der Waals surface area contributed by atoms with Crippen molar-refractivity contribution in [3.63, 3.8) is 0 Å². The van der Waals surface area contributed by atoms with Crippen molar-refractivity contribution in [2.75, 3.05) is 13.6 Å². The summed E-state index contributed by atoms with van der Waals surface area (Å²) in [6, 6.07) is 16.3. The van der Waals surface area contributed by atoms with Gasteiger partial charge in [-0.05, 0) is 62.5 Å². The van der Waals surface area contributed by atoms with E-state index >= 15 is 0 Å². The fourth-order valence-corrected chi connectivity index (χ4v) is 7.31. The lowest BCUT2D eigenvalue weighted by Crippen LogP contribution is -2.38. The van der Waals surface area contributed by atoms with E-state index in [2.05, 4.69) is 21.9 Å². The summed E-state index contributed by atoms with van der Waals surface area (Å²) in [7, 11) is 2.12. The summed E-state index contributed by atoms with van der Waals surface area (Å²) >= 11 is 0. The minimum absolute atomic E-state index is 0.0178. The lowest BCUT2D eigenvalue weighted by Gasteiger charge is -2.36. The molecule has 0 bridgehead atoms. The number of oxazole rings is 1. The number of nitrogens with one attached hydrogen (secondary N) is 1. The van der Waals surface area contributed by atoms with Gasteiger partial charge in [0.1, 0.15) is 11.5 Å². The predicted octanol–water partition coefficient (Wildman–Crippen LogP) is 8.10. The van der Waals surface area contributed by atoms with Crippen molar-refractivity contribution in [1.82, 2.24) is 14.9 Å². The van der Waals surface area contributed by atoms with Crippen molar-refractivity contribution in [2.24, 2.45) is 5.92 Å². The van der Waals surface area contributed by atoms with Crippen LogP contribution in [-0.2, 0) is 12.1 Å². The van der Waals surface area contributed by atoms with Gasteiger partial charge >= 0.3 is 0 Å². The maximum atomic E-state index is 12.0. The van der Waals surface area contributed by atoms with Crippen LogP contribution in [0.3, 0.4) is 0 Å². The topological polar surface area (TPSA) is 123 Å². The van der Waals surface area contributed by atoms with Gasteiger partial charge in [0.05, 0.1) is 24.4 Å². The Morgan fingerprint density at radius 3 is 2.32 bits per heavy atom. The van der Waals surface area contributed by atoms with E-state index in [1.807, 2.05) is 30.3 Å². The second-order valence-electron chi connectivity index (χ2n) is 13.6. The normalized spacial score (nSPS) is 16.1. The molecule has 1 aliphatic rings. The number of hydrogen-bond donors (Lipinski definition) is 4.